The van der Waals surface area contributed by atoms with E-state index in [2.05, 4.69) is 4.90 Å². The molecule has 2 unspecified atom stereocenters. The molecule has 0 radical (unpaired) electrons. The third-order valence-corrected chi connectivity index (χ3v) is 5.62. The molecule has 2 heterocycles. The predicted octanol–water partition coefficient (Wildman–Crippen LogP) is 1.62. The van der Waals surface area contributed by atoms with E-state index in [9.17, 15) is 14.7 Å². The fourth-order valence-corrected chi connectivity index (χ4v) is 3.98. The molecule has 7 nitrogen and oxygen atoms in total. The van der Waals surface area contributed by atoms with Crippen molar-refractivity contribution in [2.24, 2.45) is 0 Å². The molecule has 2 saturated heterocycles. The number of β-amino-alcohol motifs (C(OH)–C–C–N with tert-alkyl or cyclic N) is 1. The van der Waals surface area contributed by atoms with Crippen LogP contribution in [0.2, 0.25) is 5.02 Å². The molecule has 2 aliphatic heterocycles. The Balaban J connectivity index is 1.61. The maximum Gasteiger partial charge on any atom is 0.317 e. The summed E-state index contributed by atoms with van der Waals surface area (Å²) in [5.74, 6) is -1.48. The number of aliphatic hydroxyl groups is 1. The van der Waals surface area contributed by atoms with E-state index in [1.54, 1.807) is 48.5 Å². The maximum atomic E-state index is 13.2. The summed E-state index contributed by atoms with van der Waals surface area (Å²) in [5, 5.41) is 12.0. The Morgan fingerprint density at radius 2 is 1.60 bits per heavy atom. The summed E-state index contributed by atoms with van der Waals surface area (Å²) in [6, 6.07) is 15.5. The molecule has 1 amide bonds. The third-order valence-electron chi connectivity index (χ3n) is 5.37. The van der Waals surface area contributed by atoms with Crippen LogP contribution in [0, 0.1) is 0 Å². The van der Waals surface area contributed by atoms with E-state index in [-0.39, 0.29) is 6.54 Å². The SMILES string of the molecule is O=C1C(=O)C(c2ccccc2)(c2ccc(Cl)cc2)ON1CC(O)CN1CCOCC1. The smallest absolute Gasteiger partial charge is 0.317 e. The van der Waals surface area contributed by atoms with Gasteiger partial charge < -0.3 is 9.84 Å². The molecule has 4 rings (SSSR count). The Labute approximate surface area is 179 Å². The fraction of sp³-hybridized carbons (Fsp3) is 0.364. The molecular formula is C22H23ClN2O5. The summed E-state index contributed by atoms with van der Waals surface area (Å²) in [4.78, 5) is 34.2. The number of rotatable bonds is 6. The first kappa shape index (κ1) is 21.0. The molecule has 0 aromatic heterocycles. The Kier molecular flexibility index (Phi) is 6.17. The highest BCUT2D eigenvalue weighted by molar-refractivity contribution is 6.41. The molecule has 2 aromatic rings. The Bertz CT molecular complexity index is 902. The van der Waals surface area contributed by atoms with E-state index in [0.717, 1.165) is 5.06 Å². The van der Waals surface area contributed by atoms with Crippen molar-refractivity contribution in [1.29, 1.82) is 0 Å². The molecule has 2 fully saturated rings. The third kappa shape index (κ3) is 3.99. The van der Waals surface area contributed by atoms with Crippen LogP contribution < -0.4 is 0 Å². The number of nitrogens with zero attached hydrogens (tertiary/aromatic N) is 2. The number of amides is 1. The first-order chi connectivity index (χ1) is 14.5. The number of benzene rings is 2. The minimum atomic E-state index is -1.61. The van der Waals surface area contributed by atoms with Crippen LogP contribution in [0.5, 0.6) is 0 Å². The van der Waals surface area contributed by atoms with E-state index in [1.807, 2.05) is 6.07 Å². The van der Waals surface area contributed by atoms with Gasteiger partial charge in [0.2, 0.25) is 5.60 Å². The predicted molar refractivity (Wildman–Crippen MR) is 110 cm³/mol. The van der Waals surface area contributed by atoms with Gasteiger partial charge >= 0.3 is 5.91 Å². The van der Waals surface area contributed by atoms with Crippen molar-refractivity contribution in [3.8, 4) is 0 Å². The van der Waals surface area contributed by atoms with E-state index in [1.165, 1.54) is 0 Å². The lowest BCUT2D eigenvalue weighted by Crippen LogP contribution is -2.45. The highest BCUT2D eigenvalue weighted by Crippen LogP contribution is 2.40. The van der Waals surface area contributed by atoms with Crippen molar-refractivity contribution >= 4 is 23.3 Å². The van der Waals surface area contributed by atoms with Crippen molar-refractivity contribution in [1.82, 2.24) is 9.96 Å². The summed E-state index contributed by atoms with van der Waals surface area (Å²) in [7, 11) is 0. The molecular weight excluding hydrogens is 408 g/mol. The van der Waals surface area contributed by atoms with E-state index >= 15 is 0 Å². The van der Waals surface area contributed by atoms with Crippen LogP contribution in [0.15, 0.2) is 54.6 Å². The average Bonchev–Trinajstić information content (AvgIpc) is 3.01. The van der Waals surface area contributed by atoms with Crippen molar-refractivity contribution in [2.75, 3.05) is 39.4 Å². The number of carbonyl (C=O) groups is 2. The van der Waals surface area contributed by atoms with Crippen LogP contribution in [0.1, 0.15) is 11.1 Å². The maximum absolute atomic E-state index is 13.2. The number of hydrogen-bond donors (Lipinski definition) is 1. The normalized spacial score (nSPS) is 23.7. The topological polar surface area (TPSA) is 79.3 Å². The quantitative estimate of drug-likeness (QED) is 0.701. The lowest BCUT2D eigenvalue weighted by molar-refractivity contribution is -0.200. The molecule has 0 spiro atoms. The summed E-state index contributed by atoms with van der Waals surface area (Å²) >= 11 is 6.02. The average molecular weight is 431 g/mol. The minimum Gasteiger partial charge on any atom is -0.390 e. The molecule has 30 heavy (non-hydrogen) atoms. The van der Waals surface area contributed by atoms with Gasteiger partial charge in [0.25, 0.3) is 5.78 Å². The van der Waals surface area contributed by atoms with Gasteiger partial charge in [0.1, 0.15) is 0 Å². The zero-order chi connectivity index (χ0) is 21.1. The standard InChI is InChI=1S/C22H23ClN2O5/c23-18-8-6-17(7-9-18)22(16-4-2-1-3-5-16)20(27)21(28)25(30-22)15-19(26)14-24-10-12-29-13-11-24/h1-9,19,26H,10-15H2. The second-order valence-corrected chi connectivity index (χ2v) is 7.84. The number of aliphatic hydroxyl groups excluding tert-OH is 1. The number of Topliss-reactive ketones (excluding diaryl/α,β-unsaturated/α-hetero) is 1. The highest BCUT2D eigenvalue weighted by Gasteiger charge is 2.56. The van der Waals surface area contributed by atoms with Gasteiger partial charge in [-0.15, -0.1) is 0 Å². The molecule has 158 valence electrons. The number of hydroxylamine groups is 2. The van der Waals surface area contributed by atoms with E-state index < -0.39 is 23.4 Å². The number of ether oxygens (including phenoxy) is 1. The van der Waals surface area contributed by atoms with E-state index in [0.29, 0.717) is 49.0 Å². The van der Waals surface area contributed by atoms with Gasteiger partial charge in [-0.1, -0.05) is 54.1 Å². The first-order valence-corrected chi connectivity index (χ1v) is 10.2. The lowest BCUT2D eigenvalue weighted by Gasteiger charge is -2.31. The minimum absolute atomic E-state index is 0.107. The number of morpholine rings is 1. The fourth-order valence-electron chi connectivity index (χ4n) is 3.85. The van der Waals surface area contributed by atoms with Gasteiger partial charge in [0.05, 0.1) is 25.9 Å². The van der Waals surface area contributed by atoms with Gasteiger partial charge in [-0.3, -0.25) is 14.5 Å². The molecule has 0 saturated carbocycles. The first-order valence-electron chi connectivity index (χ1n) is 9.86. The van der Waals surface area contributed by atoms with Crippen LogP contribution in [0.4, 0.5) is 0 Å². The van der Waals surface area contributed by atoms with Gasteiger partial charge in [0.15, 0.2) is 0 Å². The van der Waals surface area contributed by atoms with Crippen molar-refractivity contribution in [3.05, 3.63) is 70.7 Å². The van der Waals surface area contributed by atoms with Crippen molar-refractivity contribution < 1.29 is 24.3 Å². The largest absolute Gasteiger partial charge is 0.390 e. The number of halogens is 1. The van der Waals surface area contributed by atoms with Crippen LogP contribution in [0.25, 0.3) is 0 Å². The molecule has 2 aromatic carbocycles. The summed E-state index contributed by atoms with van der Waals surface area (Å²) in [6.07, 6.45) is -0.864. The van der Waals surface area contributed by atoms with Crippen molar-refractivity contribution in [2.45, 2.75) is 11.7 Å². The molecule has 8 heteroatoms. The molecule has 2 atom stereocenters. The monoisotopic (exact) mass is 430 g/mol. The summed E-state index contributed by atoms with van der Waals surface area (Å²) in [6.45, 7) is 2.90. The van der Waals surface area contributed by atoms with Gasteiger partial charge in [-0.2, -0.15) is 0 Å². The van der Waals surface area contributed by atoms with Gasteiger partial charge in [-0.05, 0) is 23.3 Å². The second kappa shape index (κ2) is 8.83. The second-order valence-electron chi connectivity index (χ2n) is 7.41. The molecule has 1 N–H and O–H groups in total. The molecule has 0 aliphatic carbocycles. The Morgan fingerprint density at radius 1 is 0.967 bits per heavy atom. The van der Waals surface area contributed by atoms with E-state index in [4.69, 9.17) is 21.2 Å². The summed E-state index contributed by atoms with van der Waals surface area (Å²) in [5.41, 5.74) is -0.570. The van der Waals surface area contributed by atoms with Crippen LogP contribution >= 0.6 is 11.6 Å². The lowest BCUT2D eigenvalue weighted by atomic mass is 9.83. The number of carbonyl (C=O) groups excluding carboxylic acids is 2. The molecule has 0 bridgehead atoms. The number of hydrogen-bond acceptors (Lipinski definition) is 6. The highest BCUT2D eigenvalue weighted by atomic mass is 35.5. The van der Waals surface area contributed by atoms with Crippen LogP contribution in [-0.4, -0.2) is 72.3 Å². The zero-order valence-electron chi connectivity index (χ0n) is 16.4. The number of ketones is 1. The van der Waals surface area contributed by atoms with Gasteiger partial charge in [-0.25, -0.2) is 9.90 Å². The van der Waals surface area contributed by atoms with Crippen LogP contribution in [0.3, 0.4) is 0 Å². The molecule has 2 aliphatic rings. The Hall–Kier alpha value is -2.29. The zero-order valence-corrected chi connectivity index (χ0v) is 17.1. The van der Waals surface area contributed by atoms with Crippen molar-refractivity contribution in [3.63, 3.8) is 0 Å². The van der Waals surface area contributed by atoms with Gasteiger partial charge in [0, 0.05) is 24.7 Å². The van der Waals surface area contributed by atoms with Crippen LogP contribution in [-0.2, 0) is 24.8 Å². The summed E-state index contributed by atoms with van der Waals surface area (Å²) < 4.78 is 5.31. The Morgan fingerprint density at radius 3 is 2.27 bits per heavy atom.